The lowest BCUT2D eigenvalue weighted by Crippen LogP contribution is -2.45. The molecule has 0 spiro atoms. The lowest BCUT2D eigenvalue weighted by atomic mass is 9.89. The Labute approximate surface area is 133 Å². The number of tetrazole rings is 1. The summed E-state index contributed by atoms with van der Waals surface area (Å²) in [7, 11) is 3.56. The first-order chi connectivity index (χ1) is 10.5. The summed E-state index contributed by atoms with van der Waals surface area (Å²) in [6, 6.07) is 0.0153. The van der Waals surface area contributed by atoms with E-state index < -0.39 is 12.2 Å². The van der Waals surface area contributed by atoms with Gasteiger partial charge in [0.1, 0.15) is 0 Å². The molecule has 2 rings (SSSR count). The van der Waals surface area contributed by atoms with E-state index in [0.717, 1.165) is 23.8 Å². The minimum Gasteiger partial charge on any atom is -0.390 e. The van der Waals surface area contributed by atoms with Crippen LogP contribution in [-0.4, -0.2) is 72.3 Å². The van der Waals surface area contributed by atoms with Crippen LogP contribution >= 0.6 is 11.8 Å². The van der Waals surface area contributed by atoms with Crippen LogP contribution in [0.25, 0.3) is 0 Å². The van der Waals surface area contributed by atoms with Gasteiger partial charge in [-0.05, 0) is 36.1 Å². The van der Waals surface area contributed by atoms with Crippen LogP contribution in [0.15, 0.2) is 5.16 Å². The number of hydrogen-bond acceptors (Lipinski definition) is 7. The molecule has 0 aliphatic heterocycles. The van der Waals surface area contributed by atoms with Crippen molar-refractivity contribution in [3.63, 3.8) is 0 Å². The monoisotopic (exact) mass is 329 g/mol. The summed E-state index contributed by atoms with van der Waals surface area (Å²) in [5.74, 6) is 0.852. The SMILES string of the molecule is CN(C(=O)CCCSc1nnnn1C)C1CCC(O)C(O)C1. The number of hydrogen-bond donors (Lipinski definition) is 2. The maximum absolute atomic E-state index is 12.2. The van der Waals surface area contributed by atoms with E-state index in [4.69, 9.17) is 0 Å². The Kier molecular flexibility index (Phi) is 6.16. The van der Waals surface area contributed by atoms with Crippen molar-refractivity contribution in [2.45, 2.75) is 55.5 Å². The molecule has 3 atom stereocenters. The van der Waals surface area contributed by atoms with Crippen LogP contribution in [0.3, 0.4) is 0 Å². The normalized spacial score (nSPS) is 25.2. The summed E-state index contributed by atoms with van der Waals surface area (Å²) in [5.41, 5.74) is 0. The van der Waals surface area contributed by atoms with Crippen LogP contribution in [-0.2, 0) is 11.8 Å². The number of carbonyl (C=O) groups excluding carboxylic acids is 1. The van der Waals surface area contributed by atoms with Crippen LogP contribution in [0.5, 0.6) is 0 Å². The highest BCUT2D eigenvalue weighted by atomic mass is 32.2. The van der Waals surface area contributed by atoms with Gasteiger partial charge in [-0.15, -0.1) is 5.10 Å². The van der Waals surface area contributed by atoms with Crippen molar-refractivity contribution in [2.75, 3.05) is 12.8 Å². The van der Waals surface area contributed by atoms with E-state index in [0.29, 0.717) is 19.3 Å². The first-order valence-corrected chi connectivity index (χ1v) is 8.44. The number of amides is 1. The number of rotatable bonds is 6. The van der Waals surface area contributed by atoms with E-state index in [1.54, 1.807) is 23.7 Å². The number of thioether (sulfide) groups is 1. The molecule has 0 aromatic carbocycles. The molecule has 1 aliphatic rings. The molecule has 1 aromatic heterocycles. The highest BCUT2D eigenvalue weighted by Gasteiger charge is 2.31. The number of aromatic nitrogens is 4. The van der Waals surface area contributed by atoms with Crippen molar-refractivity contribution in [3.05, 3.63) is 0 Å². The zero-order valence-corrected chi connectivity index (χ0v) is 13.7. The molecule has 9 heteroatoms. The van der Waals surface area contributed by atoms with E-state index in [1.807, 2.05) is 0 Å². The summed E-state index contributed by atoms with van der Waals surface area (Å²) in [6.07, 6.45) is 1.55. The van der Waals surface area contributed by atoms with Crippen molar-refractivity contribution in [1.82, 2.24) is 25.1 Å². The fourth-order valence-corrected chi connectivity index (χ4v) is 3.36. The molecule has 8 nitrogen and oxygen atoms in total. The molecule has 1 aromatic rings. The molecule has 1 fully saturated rings. The highest BCUT2D eigenvalue weighted by Crippen LogP contribution is 2.23. The first-order valence-electron chi connectivity index (χ1n) is 7.46. The van der Waals surface area contributed by atoms with Crippen molar-refractivity contribution in [2.24, 2.45) is 7.05 Å². The Morgan fingerprint density at radius 1 is 1.41 bits per heavy atom. The number of carbonyl (C=O) groups is 1. The van der Waals surface area contributed by atoms with Gasteiger partial charge >= 0.3 is 0 Å². The summed E-state index contributed by atoms with van der Waals surface area (Å²) in [4.78, 5) is 13.9. The lowest BCUT2D eigenvalue weighted by Gasteiger charge is -2.36. The lowest BCUT2D eigenvalue weighted by molar-refractivity contribution is -0.134. The first kappa shape index (κ1) is 17.2. The number of aryl methyl sites for hydroxylation is 1. The molecule has 0 bridgehead atoms. The highest BCUT2D eigenvalue weighted by molar-refractivity contribution is 7.99. The predicted molar refractivity (Wildman–Crippen MR) is 81.2 cm³/mol. The second kappa shape index (κ2) is 7.89. The molecule has 0 radical (unpaired) electrons. The van der Waals surface area contributed by atoms with Crippen LogP contribution in [0.1, 0.15) is 32.1 Å². The standard InChI is InChI=1S/C13H23N5O3S/c1-17(9-5-6-10(19)11(20)8-9)12(21)4-3-7-22-13-14-15-16-18(13)2/h9-11,19-20H,3-8H2,1-2H3. The van der Waals surface area contributed by atoms with Crippen molar-refractivity contribution >= 4 is 17.7 Å². The second-order valence-corrected chi connectivity index (χ2v) is 6.71. The van der Waals surface area contributed by atoms with Gasteiger partial charge in [-0.1, -0.05) is 11.8 Å². The Morgan fingerprint density at radius 3 is 2.82 bits per heavy atom. The smallest absolute Gasteiger partial charge is 0.222 e. The van der Waals surface area contributed by atoms with Crippen LogP contribution in [0, 0.1) is 0 Å². The van der Waals surface area contributed by atoms with Crippen molar-refractivity contribution < 1.29 is 15.0 Å². The minimum atomic E-state index is -0.729. The maximum Gasteiger partial charge on any atom is 0.222 e. The Bertz CT molecular complexity index is 498. The zero-order chi connectivity index (χ0) is 16.1. The van der Waals surface area contributed by atoms with E-state index in [2.05, 4.69) is 15.5 Å². The molecule has 1 heterocycles. The number of aliphatic hydroxyl groups is 2. The minimum absolute atomic E-state index is 0.0153. The third-order valence-corrected chi connectivity index (χ3v) is 5.14. The van der Waals surface area contributed by atoms with E-state index in [9.17, 15) is 15.0 Å². The van der Waals surface area contributed by atoms with Gasteiger partial charge in [0, 0.05) is 32.3 Å². The van der Waals surface area contributed by atoms with Crippen LogP contribution < -0.4 is 0 Å². The largest absolute Gasteiger partial charge is 0.390 e. The Hall–Kier alpha value is -1.19. The quantitative estimate of drug-likeness (QED) is 0.551. The third-order valence-electron chi connectivity index (χ3n) is 4.04. The second-order valence-electron chi connectivity index (χ2n) is 5.64. The zero-order valence-electron chi connectivity index (χ0n) is 12.9. The molecular formula is C13H23N5O3S. The third kappa shape index (κ3) is 4.40. The van der Waals surface area contributed by atoms with Gasteiger partial charge in [0.2, 0.25) is 11.1 Å². The van der Waals surface area contributed by atoms with E-state index in [1.165, 1.54) is 11.8 Å². The Balaban J connectivity index is 1.69. The van der Waals surface area contributed by atoms with Crippen molar-refractivity contribution in [1.29, 1.82) is 0 Å². The predicted octanol–water partition coefficient (Wildman–Crippen LogP) is -0.185. The van der Waals surface area contributed by atoms with E-state index in [-0.39, 0.29) is 11.9 Å². The number of nitrogens with zero attached hydrogens (tertiary/aromatic N) is 5. The molecule has 2 N–H and O–H groups in total. The topological polar surface area (TPSA) is 104 Å². The van der Waals surface area contributed by atoms with Gasteiger partial charge in [0.05, 0.1) is 12.2 Å². The van der Waals surface area contributed by atoms with Gasteiger partial charge in [0.15, 0.2) is 0 Å². The van der Waals surface area contributed by atoms with Gasteiger partial charge in [-0.25, -0.2) is 4.68 Å². The molecule has 3 unspecified atom stereocenters. The molecular weight excluding hydrogens is 306 g/mol. The molecule has 0 saturated heterocycles. The molecule has 22 heavy (non-hydrogen) atoms. The molecule has 1 amide bonds. The number of aliphatic hydroxyl groups excluding tert-OH is 2. The molecule has 124 valence electrons. The van der Waals surface area contributed by atoms with Crippen LogP contribution in [0.4, 0.5) is 0 Å². The average Bonchev–Trinajstić information content (AvgIpc) is 2.91. The van der Waals surface area contributed by atoms with Crippen LogP contribution in [0.2, 0.25) is 0 Å². The van der Waals surface area contributed by atoms with Gasteiger partial charge in [-0.3, -0.25) is 4.79 Å². The van der Waals surface area contributed by atoms with Gasteiger partial charge < -0.3 is 15.1 Å². The maximum atomic E-state index is 12.2. The molecule has 1 aliphatic carbocycles. The summed E-state index contributed by atoms with van der Waals surface area (Å²) in [5, 5.41) is 31.2. The van der Waals surface area contributed by atoms with Crippen molar-refractivity contribution in [3.8, 4) is 0 Å². The van der Waals surface area contributed by atoms with Gasteiger partial charge in [-0.2, -0.15) is 0 Å². The van der Waals surface area contributed by atoms with Gasteiger partial charge in [0.25, 0.3) is 0 Å². The summed E-state index contributed by atoms with van der Waals surface area (Å²) < 4.78 is 1.60. The average molecular weight is 329 g/mol. The fraction of sp³-hybridized carbons (Fsp3) is 0.846. The fourth-order valence-electron chi connectivity index (χ4n) is 2.57. The molecule has 1 saturated carbocycles. The summed E-state index contributed by atoms with van der Waals surface area (Å²) >= 11 is 1.53. The summed E-state index contributed by atoms with van der Waals surface area (Å²) in [6.45, 7) is 0. The Morgan fingerprint density at radius 2 is 2.18 bits per heavy atom. The van der Waals surface area contributed by atoms with E-state index >= 15 is 0 Å².